The quantitative estimate of drug-likeness (QED) is 0.360. The second kappa shape index (κ2) is 10.2. The van der Waals surface area contributed by atoms with Crippen molar-refractivity contribution in [3.05, 3.63) is 89.2 Å². The van der Waals surface area contributed by atoms with Gasteiger partial charge >= 0.3 is 0 Å². The molecule has 0 bridgehead atoms. The summed E-state index contributed by atoms with van der Waals surface area (Å²) in [7, 11) is 0. The van der Waals surface area contributed by atoms with E-state index in [1.54, 1.807) is 6.07 Å². The Labute approximate surface area is 188 Å². The molecule has 0 spiro atoms. The molecule has 1 nitrogen and oxygen atoms in total. The third kappa shape index (κ3) is 5.53. The van der Waals surface area contributed by atoms with Crippen LogP contribution in [-0.4, -0.2) is 0 Å². The molecule has 0 saturated heterocycles. The number of hydrogen-bond donors (Lipinski definition) is 0. The van der Waals surface area contributed by atoms with Crippen LogP contribution in [0.3, 0.4) is 0 Å². The fourth-order valence-corrected chi connectivity index (χ4v) is 4.75. The summed E-state index contributed by atoms with van der Waals surface area (Å²) in [6.45, 7) is 2.29. The molecule has 3 aromatic rings. The molecule has 4 rings (SSSR count). The average Bonchev–Trinajstić information content (AvgIpc) is 2.80. The zero-order valence-corrected chi connectivity index (χ0v) is 18.4. The molecule has 4 heteroatoms. The van der Waals surface area contributed by atoms with Gasteiger partial charge in [-0.3, -0.25) is 0 Å². The Bertz CT molecular complexity index is 1040. The number of halogens is 3. The third-order valence-electron chi connectivity index (χ3n) is 6.52. The van der Waals surface area contributed by atoms with Gasteiger partial charge in [-0.25, -0.2) is 13.2 Å². The largest absolute Gasteiger partial charge is 0.489 e. The number of benzene rings is 3. The van der Waals surface area contributed by atoms with E-state index in [0.717, 1.165) is 29.2 Å². The van der Waals surface area contributed by atoms with E-state index < -0.39 is 17.5 Å². The first-order valence-electron chi connectivity index (χ1n) is 11.5. The van der Waals surface area contributed by atoms with Crippen LogP contribution in [0.25, 0.3) is 11.1 Å². The van der Waals surface area contributed by atoms with Gasteiger partial charge in [0.1, 0.15) is 18.2 Å². The van der Waals surface area contributed by atoms with Crippen LogP contribution in [0.1, 0.15) is 62.5 Å². The molecule has 0 radical (unpaired) electrons. The van der Waals surface area contributed by atoms with Gasteiger partial charge in [-0.15, -0.1) is 0 Å². The molecular formula is C28H29F3O. The first-order chi connectivity index (χ1) is 15.5. The molecular weight excluding hydrogens is 409 g/mol. The van der Waals surface area contributed by atoms with Gasteiger partial charge in [0.05, 0.1) is 0 Å². The van der Waals surface area contributed by atoms with Crippen molar-refractivity contribution in [3.63, 3.8) is 0 Å². The van der Waals surface area contributed by atoms with Crippen molar-refractivity contribution >= 4 is 0 Å². The van der Waals surface area contributed by atoms with Crippen LogP contribution < -0.4 is 4.74 Å². The fraction of sp³-hybridized carbons (Fsp3) is 0.357. The van der Waals surface area contributed by atoms with Crippen LogP contribution in [0, 0.1) is 23.4 Å². The fourth-order valence-electron chi connectivity index (χ4n) is 4.75. The van der Waals surface area contributed by atoms with Gasteiger partial charge in [-0.05, 0) is 84.0 Å². The van der Waals surface area contributed by atoms with Crippen LogP contribution in [-0.2, 0) is 6.61 Å². The molecule has 0 N–H and O–H groups in total. The van der Waals surface area contributed by atoms with Gasteiger partial charge in [-0.1, -0.05) is 50.1 Å². The van der Waals surface area contributed by atoms with Crippen molar-refractivity contribution in [2.45, 2.75) is 58.0 Å². The highest BCUT2D eigenvalue weighted by Crippen LogP contribution is 2.38. The summed E-state index contributed by atoms with van der Waals surface area (Å²) >= 11 is 0. The predicted molar refractivity (Wildman–Crippen MR) is 122 cm³/mol. The predicted octanol–water partition coefficient (Wildman–Crippen LogP) is 8.42. The van der Waals surface area contributed by atoms with E-state index in [1.165, 1.54) is 62.3 Å². The van der Waals surface area contributed by atoms with Crippen molar-refractivity contribution in [3.8, 4) is 16.9 Å². The normalized spacial score (nSPS) is 18.5. The minimum atomic E-state index is -0.926. The first-order valence-corrected chi connectivity index (χ1v) is 11.5. The van der Waals surface area contributed by atoms with Crippen molar-refractivity contribution < 1.29 is 17.9 Å². The molecule has 168 valence electrons. The second-order valence-corrected chi connectivity index (χ2v) is 8.84. The molecule has 0 aliphatic heterocycles. The summed E-state index contributed by atoms with van der Waals surface area (Å²) < 4.78 is 46.4. The van der Waals surface area contributed by atoms with Crippen LogP contribution in [0.5, 0.6) is 5.75 Å². The lowest BCUT2D eigenvalue weighted by atomic mass is 9.77. The standard InChI is InChI=1S/C28H29F3O/c1-2-3-19-4-7-21(8-5-19)22-9-11-23(12-10-22)24-15-25(29)17-26(16-24)32-18-20-6-13-27(30)28(31)14-20/h6,9-17,19,21H,2-5,7-8,18H2,1H3. The van der Waals surface area contributed by atoms with E-state index in [4.69, 9.17) is 4.74 Å². The minimum absolute atomic E-state index is 0.0275. The number of ether oxygens (including phenoxy) is 1. The Hall–Kier alpha value is -2.75. The zero-order valence-electron chi connectivity index (χ0n) is 18.4. The van der Waals surface area contributed by atoms with Crippen molar-refractivity contribution in [1.29, 1.82) is 0 Å². The molecule has 0 unspecified atom stereocenters. The van der Waals surface area contributed by atoms with E-state index in [-0.39, 0.29) is 6.61 Å². The van der Waals surface area contributed by atoms with Crippen molar-refractivity contribution in [1.82, 2.24) is 0 Å². The number of rotatable bonds is 7. The van der Waals surface area contributed by atoms with E-state index in [1.807, 2.05) is 12.1 Å². The zero-order chi connectivity index (χ0) is 22.5. The summed E-state index contributed by atoms with van der Waals surface area (Å²) in [5.74, 6) is -0.388. The Kier molecular flexibility index (Phi) is 7.19. The Morgan fingerprint density at radius 3 is 2.22 bits per heavy atom. The van der Waals surface area contributed by atoms with E-state index in [2.05, 4.69) is 19.1 Å². The molecule has 1 fully saturated rings. The molecule has 1 saturated carbocycles. The van der Waals surface area contributed by atoms with E-state index in [0.29, 0.717) is 17.2 Å². The highest BCUT2D eigenvalue weighted by molar-refractivity contribution is 5.65. The summed E-state index contributed by atoms with van der Waals surface area (Å²) in [5, 5.41) is 0. The lowest BCUT2D eigenvalue weighted by Gasteiger charge is -2.28. The Morgan fingerprint density at radius 2 is 1.53 bits per heavy atom. The lowest BCUT2D eigenvalue weighted by molar-refractivity contribution is 0.303. The van der Waals surface area contributed by atoms with Gasteiger partial charge < -0.3 is 4.74 Å². The maximum absolute atomic E-state index is 14.2. The highest BCUT2D eigenvalue weighted by atomic mass is 19.2. The maximum Gasteiger partial charge on any atom is 0.159 e. The summed E-state index contributed by atoms with van der Waals surface area (Å²) in [6, 6.07) is 16.6. The molecule has 0 aromatic heterocycles. The second-order valence-electron chi connectivity index (χ2n) is 8.84. The van der Waals surface area contributed by atoms with Gasteiger partial charge in [0.15, 0.2) is 11.6 Å². The van der Waals surface area contributed by atoms with Gasteiger partial charge in [0, 0.05) is 6.07 Å². The van der Waals surface area contributed by atoms with Gasteiger partial charge in [-0.2, -0.15) is 0 Å². The summed E-state index contributed by atoms with van der Waals surface area (Å²) in [6.07, 6.45) is 7.71. The van der Waals surface area contributed by atoms with Crippen molar-refractivity contribution in [2.24, 2.45) is 5.92 Å². The maximum atomic E-state index is 14.2. The number of hydrogen-bond acceptors (Lipinski definition) is 1. The average molecular weight is 439 g/mol. The molecule has 32 heavy (non-hydrogen) atoms. The minimum Gasteiger partial charge on any atom is -0.489 e. The molecule has 1 aliphatic carbocycles. The van der Waals surface area contributed by atoms with Crippen LogP contribution >= 0.6 is 0 Å². The summed E-state index contributed by atoms with van der Waals surface area (Å²) in [4.78, 5) is 0. The first kappa shape index (κ1) is 22.4. The Morgan fingerprint density at radius 1 is 0.781 bits per heavy atom. The van der Waals surface area contributed by atoms with Crippen LogP contribution in [0.2, 0.25) is 0 Å². The van der Waals surface area contributed by atoms with E-state index >= 15 is 0 Å². The van der Waals surface area contributed by atoms with Crippen molar-refractivity contribution in [2.75, 3.05) is 0 Å². The Balaban J connectivity index is 1.43. The lowest BCUT2D eigenvalue weighted by Crippen LogP contribution is -2.13. The molecule has 0 heterocycles. The molecule has 0 amide bonds. The topological polar surface area (TPSA) is 9.23 Å². The SMILES string of the molecule is CCCC1CCC(c2ccc(-c3cc(F)cc(OCc4ccc(F)c(F)c4)c3)cc2)CC1. The molecule has 0 atom stereocenters. The van der Waals surface area contributed by atoms with Crippen LogP contribution in [0.15, 0.2) is 60.7 Å². The van der Waals surface area contributed by atoms with E-state index in [9.17, 15) is 13.2 Å². The van der Waals surface area contributed by atoms with Crippen LogP contribution in [0.4, 0.5) is 13.2 Å². The monoisotopic (exact) mass is 438 g/mol. The van der Waals surface area contributed by atoms with Gasteiger partial charge in [0.25, 0.3) is 0 Å². The third-order valence-corrected chi connectivity index (χ3v) is 6.52. The molecule has 1 aliphatic rings. The van der Waals surface area contributed by atoms with Gasteiger partial charge in [0.2, 0.25) is 0 Å². The molecule has 3 aromatic carbocycles. The highest BCUT2D eigenvalue weighted by Gasteiger charge is 2.21. The smallest absolute Gasteiger partial charge is 0.159 e. The summed E-state index contributed by atoms with van der Waals surface area (Å²) in [5.41, 5.74) is 3.48.